The van der Waals surface area contributed by atoms with Gasteiger partial charge in [0.1, 0.15) is 0 Å². The lowest BCUT2D eigenvalue weighted by atomic mass is 10.0. The summed E-state index contributed by atoms with van der Waals surface area (Å²) in [6.07, 6.45) is 23.8. The van der Waals surface area contributed by atoms with E-state index in [0.717, 1.165) is 5.75 Å². The molecule has 134 valence electrons. The summed E-state index contributed by atoms with van der Waals surface area (Å²) in [4.78, 5) is 0. The third-order valence-corrected chi connectivity index (χ3v) is 5.42. The maximum Gasteiger partial charge on any atom is 0.00168 e. The highest BCUT2D eigenvalue weighted by atomic mass is 32.1. The molecular weight excluding hydrogens is 304 g/mol. The average molecular weight is 347 g/mol. The second kappa shape index (κ2) is 19.7. The van der Waals surface area contributed by atoms with Crippen LogP contribution < -0.4 is 0 Å². The zero-order chi connectivity index (χ0) is 16.3. The summed E-state index contributed by atoms with van der Waals surface area (Å²) >= 11 is 9.01. The van der Waals surface area contributed by atoms with E-state index >= 15 is 0 Å². The highest BCUT2D eigenvalue weighted by molar-refractivity contribution is 7.81. The summed E-state index contributed by atoms with van der Waals surface area (Å²) in [5.74, 6) is 1.05. The van der Waals surface area contributed by atoms with Crippen molar-refractivity contribution in [2.45, 2.75) is 121 Å². The molecule has 0 aromatic rings. The molecule has 0 aromatic carbocycles. The molecule has 0 bridgehead atoms. The third kappa shape index (κ3) is 18.7. The number of hydrogen-bond donors (Lipinski definition) is 2. The van der Waals surface area contributed by atoms with Gasteiger partial charge >= 0.3 is 0 Å². The van der Waals surface area contributed by atoms with Gasteiger partial charge in [0.25, 0.3) is 0 Å². The Balaban J connectivity index is 3.11. The number of hydrogen-bond acceptors (Lipinski definition) is 2. The molecule has 22 heavy (non-hydrogen) atoms. The summed E-state index contributed by atoms with van der Waals surface area (Å²) in [5, 5.41) is 0.655. The molecule has 1 unspecified atom stereocenters. The van der Waals surface area contributed by atoms with Crippen LogP contribution in [0.3, 0.4) is 0 Å². The van der Waals surface area contributed by atoms with Crippen LogP contribution in [0.2, 0.25) is 0 Å². The minimum Gasteiger partial charge on any atom is -0.179 e. The van der Waals surface area contributed by atoms with E-state index in [1.807, 2.05) is 0 Å². The van der Waals surface area contributed by atoms with E-state index < -0.39 is 0 Å². The van der Waals surface area contributed by atoms with Gasteiger partial charge in [0.15, 0.2) is 0 Å². The molecule has 1 atom stereocenters. The van der Waals surface area contributed by atoms with Crippen molar-refractivity contribution in [2.24, 2.45) is 0 Å². The van der Waals surface area contributed by atoms with E-state index in [4.69, 9.17) is 12.6 Å². The number of unbranched alkanes of at least 4 members (excludes halogenated alkanes) is 13. The molecule has 0 nitrogen and oxygen atoms in total. The molecule has 0 aromatic heterocycles. The SMILES string of the molecule is CCCCCCCCCCCC(S)CCCCCCCCS. The molecule has 0 saturated heterocycles. The van der Waals surface area contributed by atoms with Crippen molar-refractivity contribution in [3.05, 3.63) is 0 Å². The van der Waals surface area contributed by atoms with Crippen molar-refractivity contribution in [1.82, 2.24) is 0 Å². The van der Waals surface area contributed by atoms with Crippen molar-refractivity contribution >= 4 is 25.3 Å². The van der Waals surface area contributed by atoms with Crippen molar-refractivity contribution in [3.8, 4) is 0 Å². The average Bonchev–Trinajstić information content (AvgIpc) is 2.52. The summed E-state index contributed by atoms with van der Waals surface area (Å²) in [6.45, 7) is 2.29. The molecule has 0 rings (SSSR count). The second-order valence-corrected chi connectivity index (χ2v) is 8.08. The maximum atomic E-state index is 4.76. The fourth-order valence-electron chi connectivity index (χ4n) is 3.03. The van der Waals surface area contributed by atoms with Gasteiger partial charge in [-0.15, -0.1) is 0 Å². The lowest BCUT2D eigenvalue weighted by Crippen LogP contribution is -1.98. The van der Waals surface area contributed by atoms with Crippen LogP contribution in [0.15, 0.2) is 0 Å². The number of thiol groups is 2. The smallest absolute Gasteiger partial charge is 0.00168 e. The molecule has 0 radical (unpaired) electrons. The van der Waals surface area contributed by atoms with Crippen LogP contribution in [0.25, 0.3) is 0 Å². The van der Waals surface area contributed by atoms with Crippen molar-refractivity contribution in [1.29, 1.82) is 0 Å². The van der Waals surface area contributed by atoms with Gasteiger partial charge in [0.05, 0.1) is 0 Å². The molecule has 0 aliphatic carbocycles. The first-order valence-corrected chi connectivity index (χ1v) is 11.2. The quantitative estimate of drug-likeness (QED) is 0.183. The van der Waals surface area contributed by atoms with Crippen LogP contribution in [0.1, 0.15) is 116 Å². The molecule has 0 fully saturated rings. The molecule has 0 spiro atoms. The van der Waals surface area contributed by atoms with Crippen LogP contribution in [0.5, 0.6) is 0 Å². The first kappa shape index (κ1) is 22.7. The first-order chi connectivity index (χ1) is 10.8. The van der Waals surface area contributed by atoms with Crippen LogP contribution in [0, 0.1) is 0 Å². The zero-order valence-corrected chi connectivity index (χ0v) is 17.0. The van der Waals surface area contributed by atoms with Crippen molar-refractivity contribution in [2.75, 3.05) is 5.75 Å². The van der Waals surface area contributed by atoms with Crippen molar-refractivity contribution < 1.29 is 0 Å². The van der Waals surface area contributed by atoms with Gasteiger partial charge in [0.2, 0.25) is 0 Å². The van der Waals surface area contributed by atoms with Gasteiger partial charge in [-0.2, -0.15) is 25.3 Å². The number of rotatable bonds is 18. The van der Waals surface area contributed by atoms with Gasteiger partial charge < -0.3 is 0 Å². The Kier molecular flexibility index (Phi) is 20.4. The fraction of sp³-hybridized carbons (Fsp3) is 1.00. The topological polar surface area (TPSA) is 0 Å². The molecule has 0 saturated carbocycles. The Bertz CT molecular complexity index is 194. The Hall–Kier alpha value is 0.700. The monoisotopic (exact) mass is 346 g/mol. The maximum absolute atomic E-state index is 4.76. The van der Waals surface area contributed by atoms with Gasteiger partial charge in [0, 0.05) is 5.25 Å². The minimum absolute atomic E-state index is 0.655. The van der Waals surface area contributed by atoms with Crippen LogP contribution in [0.4, 0.5) is 0 Å². The molecule has 0 aliphatic rings. The molecule has 2 heteroatoms. The predicted molar refractivity (Wildman–Crippen MR) is 111 cm³/mol. The second-order valence-electron chi connectivity index (χ2n) is 6.90. The van der Waals surface area contributed by atoms with Crippen LogP contribution in [-0.4, -0.2) is 11.0 Å². The fourth-order valence-corrected chi connectivity index (χ4v) is 3.62. The lowest BCUT2D eigenvalue weighted by molar-refractivity contribution is 0.534. The van der Waals surface area contributed by atoms with Crippen molar-refractivity contribution in [3.63, 3.8) is 0 Å². The summed E-state index contributed by atoms with van der Waals surface area (Å²) in [6, 6.07) is 0. The third-order valence-electron chi connectivity index (χ3n) is 4.59. The zero-order valence-electron chi connectivity index (χ0n) is 15.2. The Morgan fingerprint density at radius 2 is 0.909 bits per heavy atom. The Labute approximate surface area is 152 Å². The summed E-state index contributed by atoms with van der Waals surface area (Å²) < 4.78 is 0. The standard InChI is InChI=1S/C20H42S2/c1-2-3-4-5-6-7-8-11-14-17-20(22)18-15-12-9-10-13-16-19-21/h20-22H,2-19H2,1H3. The Morgan fingerprint density at radius 3 is 1.32 bits per heavy atom. The highest BCUT2D eigenvalue weighted by Gasteiger charge is 2.02. The molecule has 0 aliphatic heterocycles. The normalized spacial score (nSPS) is 12.7. The largest absolute Gasteiger partial charge is 0.179 e. The van der Waals surface area contributed by atoms with Gasteiger partial charge in [-0.05, 0) is 25.0 Å². The van der Waals surface area contributed by atoms with E-state index in [9.17, 15) is 0 Å². The van der Waals surface area contributed by atoms with E-state index in [2.05, 4.69) is 19.6 Å². The van der Waals surface area contributed by atoms with E-state index in [1.165, 1.54) is 109 Å². The molecular formula is C20H42S2. The summed E-state index contributed by atoms with van der Waals surface area (Å²) in [5.41, 5.74) is 0. The van der Waals surface area contributed by atoms with E-state index in [-0.39, 0.29) is 0 Å². The summed E-state index contributed by atoms with van der Waals surface area (Å²) in [7, 11) is 0. The van der Waals surface area contributed by atoms with Gasteiger partial charge in [-0.1, -0.05) is 96.8 Å². The first-order valence-electron chi connectivity index (χ1n) is 10.1. The lowest BCUT2D eigenvalue weighted by Gasteiger charge is -2.10. The minimum atomic E-state index is 0.655. The van der Waals surface area contributed by atoms with Gasteiger partial charge in [-0.25, -0.2) is 0 Å². The molecule has 0 heterocycles. The molecule has 0 N–H and O–H groups in total. The van der Waals surface area contributed by atoms with Crippen LogP contribution >= 0.6 is 25.3 Å². The van der Waals surface area contributed by atoms with Gasteiger partial charge in [-0.3, -0.25) is 0 Å². The van der Waals surface area contributed by atoms with E-state index in [1.54, 1.807) is 0 Å². The highest BCUT2D eigenvalue weighted by Crippen LogP contribution is 2.18. The van der Waals surface area contributed by atoms with E-state index in [0.29, 0.717) is 5.25 Å². The predicted octanol–water partition coefficient (Wildman–Crippen LogP) is 7.87. The molecule has 0 amide bonds. The van der Waals surface area contributed by atoms with Crippen LogP contribution in [-0.2, 0) is 0 Å². The Morgan fingerprint density at radius 1 is 0.545 bits per heavy atom.